The van der Waals surface area contributed by atoms with Gasteiger partial charge in [0.2, 0.25) is 0 Å². The number of nitrogens with zero attached hydrogens (tertiary/aromatic N) is 2. The first kappa shape index (κ1) is 24.4. The number of carbonyl (C=O) groups is 1. The Labute approximate surface area is 195 Å². The second-order valence-corrected chi connectivity index (χ2v) is 8.26. The second-order valence-electron chi connectivity index (χ2n) is 8.26. The molecule has 1 saturated carbocycles. The Morgan fingerprint density at radius 2 is 1.88 bits per heavy atom. The van der Waals surface area contributed by atoms with Gasteiger partial charge >= 0.3 is 6.09 Å². The zero-order valence-electron chi connectivity index (χ0n) is 19.5. The highest BCUT2D eigenvalue weighted by Crippen LogP contribution is 2.27. The van der Waals surface area contributed by atoms with E-state index in [1.54, 1.807) is 7.05 Å². The van der Waals surface area contributed by atoms with Gasteiger partial charge in [-0.3, -0.25) is 0 Å². The molecule has 1 fully saturated rings. The van der Waals surface area contributed by atoms with Crippen molar-refractivity contribution in [1.29, 1.82) is 0 Å². The molecule has 5 N–H and O–H groups in total. The van der Waals surface area contributed by atoms with Gasteiger partial charge in [-0.1, -0.05) is 43.7 Å². The Morgan fingerprint density at radius 1 is 1.15 bits per heavy atom. The van der Waals surface area contributed by atoms with E-state index in [0.717, 1.165) is 36.3 Å². The fourth-order valence-electron chi connectivity index (χ4n) is 3.85. The van der Waals surface area contributed by atoms with Gasteiger partial charge in [-0.25, -0.2) is 15.6 Å². The fraction of sp³-hybridized carbons (Fsp3) is 0.440. The Kier molecular flexibility index (Phi) is 8.95. The number of aromatic nitrogens is 1. The lowest BCUT2D eigenvalue weighted by Crippen LogP contribution is -2.36. The summed E-state index contributed by atoms with van der Waals surface area (Å²) in [7, 11) is 1.67. The van der Waals surface area contributed by atoms with E-state index in [-0.39, 0.29) is 19.3 Å². The average molecular weight is 454 g/mol. The molecule has 1 aliphatic rings. The quantitative estimate of drug-likeness (QED) is 0.391. The third-order valence-corrected chi connectivity index (χ3v) is 5.74. The van der Waals surface area contributed by atoms with Crippen molar-refractivity contribution in [2.24, 2.45) is 11.6 Å². The minimum absolute atomic E-state index is 0.107. The lowest BCUT2D eigenvalue weighted by Gasteiger charge is -2.24. The largest absolute Gasteiger partial charge is 0.489 e. The zero-order chi connectivity index (χ0) is 23.6. The summed E-state index contributed by atoms with van der Waals surface area (Å²) in [5, 5.41) is 4.09. The van der Waals surface area contributed by atoms with Gasteiger partial charge in [-0.2, -0.15) is 0 Å². The molecule has 1 heterocycles. The molecule has 8 heteroatoms. The summed E-state index contributed by atoms with van der Waals surface area (Å²) in [5.41, 5.74) is 9.69. The van der Waals surface area contributed by atoms with Crippen LogP contribution < -0.4 is 21.6 Å². The maximum absolute atomic E-state index is 12.1. The van der Waals surface area contributed by atoms with E-state index in [1.807, 2.05) is 49.4 Å². The summed E-state index contributed by atoms with van der Waals surface area (Å²) in [6, 6.07) is 13.2. The van der Waals surface area contributed by atoms with Gasteiger partial charge in [0.25, 0.3) is 0 Å². The van der Waals surface area contributed by atoms with Gasteiger partial charge in [0.05, 0.1) is 35.4 Å². The van der Waals surface area contributed by atoms with E-state index in [2.05, 4.69) is 5.32 Å². The van der Waals surface area contributed by atoms with Gasteiger partial charge < -0.3 is 25.5 Å². The van der Waals surface area contributed by atoms with Crippen LogP contribution in [0.4, 0.5) is 4.79 Å². The van der Waals surface area contributed by atoms with Crippen LogP contribution in [-0.4, -0.2) is 35.8 Å². The van der Waals surface area contributed by atoms with E-state index < -0.39 is 6.09 Å². The summed E-state index contributed by atoms with van der Waals surface area (Å²) in [4.78, 5) is 16.9. The highest BCUT2D eigenvalue weighted by Gasteiger charge is 2.18. The van der Waals surface area contributed by atoms with Crippen molar-refractivity contribution < 1.29 is 14.3 Å². The molecule has 1 aromatic carbocycles. The monoisotopic (exact) mass is 453 g/mol. The number of carbonyl (C=O) groups excluding carboxylic acids is 1. The molecule has 0 radical (unpaired) electrons. The summed E-state index contributed by atoms with van der Waals surface area (Å²) in [5.74, 6) is 6.81. The van der Waals surface area contributed by atoms with Crippen molar-refractivity contribution in [3.63, 3.8) is 0 Å². The van der Waals surface area contributed by atoms with Crippen LogP contribution in [0.15, 0.2) is 48.2 Å². The van der Waals surface area contributed by atoms with Crippen molar-refractivity contribution in [3.05, 3.63) is 65.1 Å². The Bertz CT molecular complexity index is 940. The number of benzene rings is 1. The number of nitrogens with two attached hydrogens (primary N) is 2. The molecule has 33 heavy (non-hydrogen) atoms. The molecule has 2 aromatic rings. The van der Waals surface area contributed by atoms with Crippen LogP contribution in [-0.2, 0) is 17.8 Å². The number of likely N-dealkylation sites (N-methyl/N-ethyl adjacent to an activating group) is 1. The van der Waals surface area contributed by atoms with Crippen LogP contribution in [0.3, 0.4) is 0 Å². The number of aryl methyl sites for hydroxylation is 1. The van der Waals surface area contributed by atoms with Crippen molar-refractivity contribution in [2.75, 3.05) is 13.6 Å². The molecule has 1 aromatic heterocycles. The third kappa shape index (κ3) is 7.12. The Morgan fingerprint density at radius 3 is 2.55 bits per heavy atom. The molecule has 178 valence electrons. The van der Waals surface area contributed by atoms with Crippen LogP contribution in [0, 0.1) is 0 Å². The molecule has 8 nitrogen and oxygen atoms in total. The number of hydrogen-bond donors (Lipinski definition) is 3. The normalized spacial score (nSPS) is 14.9. The molecule has 0 unspecified atom stereocenters. The number of nitrogens with one attached hydrogen (secondary N) is 1. The number of pyridine rings is 1. The van der Waals surface area contributed by atoms with E-state index in [9.17, 15) is 4.79 Å². The van der Waals surface area contributed by atoms with E-state index in [0.29, 0.717) is 17.1 Å². The summed E-state index contributed by atoms with van der Waals surface area (Å²) in [6.07, 6.45) is 6.29. The first-order valence-corrected chi connectivity index (χ1v) is 11.6. The molecule has 0 saturated heterocycles. The SMILES string of the molecule is CCc1nc(/C(N)=C(\CNC(=O)OCc2ccccc2)N(C)N)ccc1OC1CCCCC1. The predicted octanol–water partition coefficient (Wildman–Crippen LogP) is 3.71. The molecule has 1 amide bonds. The van der Waals surface area contributed by atoms with E-state index in [1.165, 1.54) is 24.3 Å². The first-order chi connectivity index (χ1) is 16.0. The van der Waals surface area contributed by atoms with Crippen LogP contribution >= 0.6 is 0 Å². The molecular weight excluding hydrogens is 418 g/mol. The van der Waals surface area contributed by atoms with Crippen LogP contribution in [0.5, 0.6) is 5.75 Å². The molecule has 0 spiro atoms. The number of alkyl carbamates (subject to hydrolysis) is 1. The molecule has 0 bridgehead atoms. The fourth-order valence-corrected chi connectivity index (χ4v) is 3.85. The van der Waals surface area contributed by atoms with Crippen molar-refractivity contribution in [3.8, 4) is 5.75 Å². The smallest absolute Gasteiger partial charge is 0.407 e. The zero-order valence-corrected chi connectivity index (χ0v) is 19.5. The number of ether oxygens (including phenoxy) is 2. The lowest BCUT2D eigenvalue weighted by molar-refractivity contribution is 0.140. The van der Waals surface area contributed by atoms with Crippen molar-refractivity contribution in [1.82, 2.24) is 15.3 Å². The van der Waals surface area contributed by atoms with Gasteiger partial charge in [0, 0.05) is 7.05 Å². The summed E-state index contributed by atoms with van der Waals surface area (Å²) >= 11 is 0. The van der Waals surface area contributed by atoms with Crippen molar-refractivity contribution >= 4 is 11.8 Å². The summed E-state index contributed by atoms with van der Waals surface area (Å²) in [6.45, 7) is 2.33. The van der Waals surface area contributed by atoms with Gasteiger partial charge in [0.15, 0.2) is 0 Å². The Balaban J connectivity index is 1.67. The van der Waals surface area contributed by atoms with Crippen molar-refractivity contribution in [2.45, 2.75) is 58.2 Å². The maximum Gasteiger partial charge on any atom is 0.407 e. The lowest BCUT2D eigenvalue weighted by atomic mass is 9.98. The van der Waals surface area contributed by atoms with Crippen LogP contribution in [0.2, 0.25) is 0 Å². The molecule has 3 rings (SSSR count). The highest BCUT2D eigenvalue weighted by molar-refractivity contribution is 5.69. The molecule has 1 aliphatic carbocycles. The summed E-state index contributed by atoms with van der Waals surface area (Å²) < 4.78 is 11.5. The van der Waals surface area contributed by atoms with Gasteiger partial charge in [-0.15, -0.1) is 0 Å². The van der Waals surface area contributed by atoms with Gasteiger partial charge in [0.1, 0.15) is 12.4 Å². The predicted molar refractivity (Wildman–Crippen MR) is 129 cm³/mol. The Hall–Kier alpha value is -3.26. The second kappa shape index (κ2) is 12.1. The van der Waals surface area contributed by atoms with Gasteiger partial charge in [-0.05, 0) is 49.8 Å². The first-order valence-electron chi connectivity index (χ1n) is 11.6. The van der Waals surface area contributed by atoms with E-state index >= 15 is 0 Å². The molecular formula is C25H35N5O3. The number of hydrogen-bond acceptors (Lipinski definition) is 7. The average Bonchev–Trinajstić information content (AvgIpc) is 2.84. The van der Waals surface area contributed by atoms with Crippen LogP contribution in [0.25, 0.3) is 5.70 Å². The van der Waals surface area contributed by atoms with E-state index in [4.69, 9.17) is 26.0 Å². The highest BCUT2D eigenvalue weighted by atomic mass is 16.5. The molecule has 0 atom stereocenters. The number of rotatable bonds is 9. The van der Waals surface area contributed by atoms with Crippen LogP contribution in [0.1, 0.15) is 56.0 Å². The standard InChI is InChI=1S/C25H35N5O3/c1-3-20-23(33-19-12-8-5-9-13-19)15-14-21(29-20)24(26)22(30(2)27)16-28-25(31)32-17-18-10-6-4-7-11-18/h4,6-7,10-11,14-15,19H,3,5,8-9,12-13,16-17,26-27H2,1-2H3,(H,28,31)/b24-22-. The topological polar surface area (TPSA) is 116 Å². The minimum atomic E-state index is -0.551. The molecule has 0 aliphatic heterocycles. The third-order valence-electron chi connectivity index (χ3n) is 5.74. The number of amides is 1. The maximum atomic E-state index is 12.1. The number of hydrazine groups is 1. The minimum Gasteiger partial charge on any atom is -0.489 e.